The van der Waals surface area contributed by atoms with Gasteiger partial charge >= 0.3 is 0 Å². The molecule has 13 heavy (non-hydrogen) atoms. The van der Waals surface area contributed by atoms with E-state index in [1.165, 1.54) is 0 Å². The first-order valence-corrected chi connectivity index (χ1v) is 4.56. The topological polar surface area (TPSA) is 39.1 Å². The molecule has 1 aliphatic carbocycles. The minimum absolute atomic E-state index is 0.442. The van der Waals surface area contributed by atoms with Crippen molar-refractivity contribution in [2.24, 2.45) is 7.05 Å². The number of aromatic nitrogens is 2. The standard InChI is InChI=1S/C9H15N3O/c1-12-4-3-10-9(12)11-7-5-8(6-7)13-2/h3-4,7-8H,5-6H2,1-2H3,(H,10,11). The van der Waals surface area contributed by atoms with Gasteiger partial charge in [0.05, 0.1) is 6.10 Å². The Morgan fingerprint density at radius 1 is 1.62 bits per heavy atom. The first-order chi connectivity index (χ1) is 6.29. The van der Waals surface area contributed by atoms with E-state index in [1.54, 1.807) is 13.3 Å². The molecule has 0 bridgehead atoms. The molecule has 0 saturated heterocycles. The summed E-state index contributed by atoms with van der Waals surface area (Å²) >= 11 is 0. The molecule has 0 atom stereocenters. The maximum absolute atomic E-state index is 5.20. The van der Waals surface area contributed by atoms with E-state index in [0.29, 0.717) is 12.1 Å². The largest absolute Gasteiger partial charge is 0.381 e. The second kappa shape index (κ2) is 3.38. The van der Waals surface area contributed by atoms with Gasteiger partial charge in [0.2, 0.25) is 5.95 Å². The number of hydrogen-bond acceptors (Lipinski definition) is 3. The molecule has 1 aromatic heterocycles. The summed E-state index contributed by atoms with van der Waals surface area (Å²) in [6, 6.07) is 0.533. The van der Waals surface area contributed by atoms with Crippen molar-refractivity contribution < 1.29 is 4.74 Å². The molecule has 0 spiro atoms. The number of aryl methyl sites for hydroxylation is 1. The van der Waals surface area contributed by atoms with Gasteiger partial charge in [-0.25, -0.2) is 4.98 Å². The maximum Gasteiger partial charge on any atom is 0.202 e. The molecule has 4 nitrogen and oxygen atoms in total. The Morgan fingerprint density at radius 3 is 2.92 bits per heavy atom. The SMILES string of the molecule is COC1CC(Nc2nccn2C)C1. The summed E-state index contributed by atoms with van der Waals surface area (Å²) in [5.41, 5.74) is 0. The third kappa shape index (κ3) is 1.67. The lowest BCUT2D eigenvalue weighted by Gasteiger charge is -2.34. The van der Waals surface area contributed by atoms with Crippen LogP contribution in [0, 0.1) is 0 Å². The Balaban J connectivity index is 1.84. The highest BCUT2D eigenvalue weighted by Crippen LogP contribution is 2.25. The molecule has 0 amide bonds. The zero-order valence-electron chi connectivity index (χ0n) is 8.03. The number of anilines is 1. The van der Waals surface area contributed by atoms with Crippen molar-refractivity contribution in [1.29, 1.82) is 0 Å². The van der Waals surface area contributed by atoms with Crippen molar-refractivity contribution in [2.75, 3.05) is 12.4 Å². The lowest BCUT2D eigenvalue weighted by atomic mass is 9.89. The Kier molecular flexibility index (Phi) is 2.22. The van der Waals surface area contributed by atoms with Gasteiger partial charge in [0, 0.05) is 32.6 Å². The van der Waals surface area contributed by atoms with Crippen LogP contribution in [0.5, 0.6) is 0 Å². The fourth-order valence-electron chi connectivity index (χ4n) is 1.56. The Bertz CT molecular complexity index is 278. The van der Waals surface area contributed by atoms with Crippen molar-refractivity contribution >= 4 is 5.95 Å². The fourth-order valence-corrected chi connectivity index (χ4v) is 1.56. The van der Waals surface area contributed by atoms with E-state index < -0.39 is 0 Å². The van der Waals surface area contributed by atoms with Crippen molar-refractivity contribution in [3.8, 4) is 0 Å². The summed E-state index contributed by atoms with van der Waals surface area (Å²) in [5, 5.41) is 3.36. The molecule has 1 aliphatic rings. The van der Waals surface area contributed by atoms with E-state index >= 15 is 0 Å². The number of ether oxygens (including phenoxy) is 1. The summed E-state index contributed by atoms with van der Waals surface area (Å²) in [5.74, 6) is 0.944. The van der Waals surface area contributed by atoms with Crippen LogP contribution in [0.4, 0.5) is 5.95 Å². The number of nitrogens with one attached hydrogen (secondary N) is 1. The van der Waals surface area contributed by atoms with Gasteiger partial charge < -0.3 is 14.6 Å². The minimum Gasteiger partial charge on any atom is -0.381 e. The molecule has 4 heteroatoms. The van der Waals surface area contributed by atoms with Crippen LogP contribution in [0.1, 0.15) is 12.8 Å². The van der Waals surface area contributed by atoms with Crippen molar-refractivity contribution in [2.45, 2.75) is 25.0 Å². The molecule has 72 valence electrons. The summed E-state index contributed by atoms with van der Waals surface area (Å²) in [6.45, 7) is 0. The van der Waals surface area contributed by atoms with Crippen LogP contribution >= 0.6 is 0 Å². The van der Waals surface area contributed by atoms with Gasteiger partial charge in [-0.1, -0.05) is 0 Å². The number of hydrogen-bond donors (Lipinski definition) is 1. The van der Waals surface area contributed by atoms with Crippen LogP contribution in [-0.4, -0.2) is 28.8 Å². The average molecular weight is 181 g/mol. The Morgan fingerprint density at radius 2 is 2.38 bits per heavy atom. The highest BCUT2D eigenvalue weighted by Gasteiger charge is 2.29. The van der Waals surface area contributed by atoms with Crippen molar-refractivity contribution in [1.82, 2.24) is 9.55 Å². The molecular weight excluding hydrogens is 166 g/mol. The normalized spacial score (nSPS) is 26.9. The van der Waals surface area contributed by atoms with Gasteiger partial charge in [0.1, 0.15) is 0 Å². The van der Waals surface area contributed by atoms with Crippen molar-refractivity contribution in [3.63, 3.8) is 0 Å². The molecule has 1 N–H and O–H groups in total. The van der Waals surface area contributed by atoms with Gasteiger partial charge in [-0.3, -0.25) is 0 Å². The van der Waals surface area contributed by atoms with Crippen LogP contribution in [-0.2, 0) is 11.8 Å². The number of imidazole rings is 1. The van der Waals surface area contributed by atoms with Gasteiger partial charge in [-0.05, 0) is 12.8 Å². The predicted octanol–water partition coefficient (Wildman–Crippen LogP) is 1.01. The van der Waals surface area contributed by atoms with E-state index in [0.717, 1.165) is 18.8 Å². The molecule has 0 unspecified atom stereocenters. The molecule has 0 aliphatic heterocycles. The van der Waals surface area contributed by atoms with Gasteiger partial charge in [0.15, 0.2) is 0 Å². The van der Waals surface area contributed by atoms with E-state index in [2.05, 4.69) is 10.3 Å². The van der Waals surface area contributed by atoms with Crippen LogP contribution in [0.15, 0.2) is 12.4 Å². The molecule has 0 radical (unpaired) electrons. The lowest BCUT2D eigenvalue weighted by molar-refractivity contribution is 0.0326. The number of methoxy groups -OCH3 is 1. The summed E-state index contributed by atoms with van der Waals surface area (Å²) in [4.78, 5) is 4.20. The average Bonchev–Trinajstić information content (AvgIpc) is 2.43. The quantitative estimate of drug-likeness (QED) is 0.756. The van der Waals surface area contributed by atoms with Gasteiger partial charge in [0.25, 0.3) is 0 Å². The molecule has 1 saturated carbocycles. The van der Waals surface area contributed by atoms with Crippen LogP contribution in [0.25, 0.3) is 0 Å². The fraction of sp³-hybridized carbons (Fsp3) is 0.667. The zero-order valence-corrected chi connectivity index (χ0v) is 8.03. The molecule has 1 heterocycles. The highest BCUT2D eigenvalue weighted by atomic mass is 16.5. The molecule has 1 aromatic rings. The monoisotopic (exact) mass is 181 g/mol. The third-order valence-electron chi connectivity index (χ3n) is 2.58. The minimum atomic E-state index is 0.442. The first kappa shape index (κ1) is 8.56. The third-order valence-corrected chi connectivity index (χ3v) is 2.58. The van der Waals surface area contributed by atoms with Crippen LogP contribution in [0.3, 0.4) is 0 Å². The summed E-state index contributed by atoms with van der Waals surface area (Å²) in [6.07, 6.45) is 6.36. The molecule has 0 aromatic carbocycles. The van der Waals surface area contributed by atoms with Crippen LogP contribution in [0.2, 0.25) is 0 Å². The van der Waals surface area contributed by atoms with Gasteiger partial charge in [-0.2, -0.15) is 0 Å². The Labute approximate surface area is 77.9 Å². The zero-order chi connectivity index (χ0) is 9.26. The van der Waals surface area contributed by atoms with Crippen molar-refractivity contribution in [3.05, 3.63) is 12.4 Å². The van der Waals surface area contributed by atoms with E-state index in [1.807, 2.05) is 17.8 Å². The number of rotatable bonds is 3. The highest BCUT2D eigenvalue weighted by molar-refractivity contribution is 5.28. The van der Waals surface area contributed by atoms with Gasteiger partial charge in [-0.15, -0.1) is 0 Å². The first-order valence-electron chi connectivity index (χ1n) is 4.56. The Hall–Kier alpha value is -1.03. The summed E-state index contributed by atoms with van der Waals surface area (Å²) < 4.78 is 7.18. The summed E-state index contributed by atoms with van der Waals surface area (Å²) in [7, 11) is 3.75. The lowest BCUT2D eigenvalue weighted by Crippen LogP contribution is -2.40. The smallest absolute Gasteiger partial charge is 0.202 e. The second-order valence-corrected chi connectivity index (χ2v) is 3.53. The van der Waals surface area contributed by atoms with Crippen LogP contribution < -0.4 is 5.32 Å². The number of nitrogens with zero attached hydrogens (tertiary/aromatic N) is 2. The van der Waals surface area contributed by atoms with E-state index in [9.17, 15) is 0 Å². The molecule has 1 fully saturated rings. The maximum atomic E-state index is 5.20. The second-order valence-electron chi connectivity index (χ2n) is 3.53. The predicted molar refractivity (Wildman–Crippen MR) is 50.6 cm³/mol. The molecule has 2 rings (SSSR count). The van der Waals surface area contributed by atoms with E-state index in [4.69, 9.17) is 4.74 Å². The van der Waals surface area contributed by atoms with E-state index in [-0.39, 0.29) is 0 Å². The molecular formula is C9H15N3O.